The van der Waals surface area contributed by atoms with E-state index in [-0.39, 0.29) is 40.9 Å². The van der Waals surface area contributed by atoms with Gasteiger partial charge >= 0.3 is 12.1 Å². The van der Waals surface area contributed by atoms with Gasteiger partial charge in [-0.2, -0.15) is 4.98 Å². The van der Waals surface area contributed by atoms with Crippen molar-refractivity contribution in [2.45, 2.75) is 71.4 Å². The van der Waals surface area contributed by atoms with Crippen molar-refractivity contribution in [3.05, 3.63) is 65.2 Å². The molecular weight excluding hydrogens is 544 g/mol. The molecular formula is C30H38N4O6S. The van der Waals surface area contributed by atoms with Crippen molar-refractivity contribution in [3.63, 3.8) is 0 Å². The maximum Gasteiger partial charge on any atom is 0.407 e. The number of aromatic nitrogens is 2. The van der Waals surface area contributed by atoms with Crippen LogP contribution in [0.4, 0.5) is 10.7 Å². The first-order valence-electron chi connectivity index (χ1n) is 13.3. The number of ether oxygens (including phenoxy) is 2. The maximum absolute atomic E-state index is 13.1. The summed E-state index contributed by atoms with van der Waals surface area (Å²) in [4.78, 5) is 33.1. The van der Waals surface area contributed by atoms with E-state index < -0.39 is 28.6 Å². The second-order valence-electron chi connectivity index (χ2n) is 11.2. The summed E-state index contributed by atoms with van der Waals surface area (Å²) < 4.78 is 27.4. The second-order valence-corrected chi connectivity index (χ2v) is 12.4. The summed E-state index contributed by atoms with van der Waals surface area (Å²) in [6.07, 6.45) is 0.107. The van der Waals surface area contributed by atoms with E-state index in [1.165, 1.54) is 18.2 Å². The number of carboxylic acids is 1. The molecule has 0 radical (unpaired) electrons. The molecule has 220 valence electrons. The molecule has 3 rings (SSSR count). The van der Waals surface area contributed by atoms with Gasteiger partial charge < -0.3 is 19.9 Å². The van der Waals surface area contributed by atoms with Gasteiger partial charge in [0, 0.05) is 11.6 Å². The standard InChI is InChI=1S/C30H38N4O6S/c1-18(2)14-22(31-29(37)40-30(5,6)7)17-39-25-16-24(26-19(3)10-8-11-20(26)4)32-28(33-25)34-41(38)23-13-9-12-21(15-23)27(35)36/h8-13,15-16,18,22H,14,17H2,1-7H3,(H,31,37)(H,35,36)(H,32,33,34). The SMILES string of the molecule is Cc1cccc(C)c1-c1cc(OCC(CC(C)C)NC(=O)OC(C)(C)C)nc(NS(=O)c2cccc(C(=O)O)c2)n1. The van der Waals surface area contributed by atoms with Gasteiger partial charge in [0.2, 0.25) is 11.8 Å². The number of anilines is 1. The van der Waals surface area contributed by atoms with Crippen LogP contribution in [0.3, 0.4) is 0 Å². The summed E-state index contributed by atoms with van der Waals surface area (Å²) in [6, 6.07) is 13.1. The van der Waals surface area contributed by atoms with Gasteiger partial charge in [0.25, 0.3) is 0 Å². The van der Waals surface area contributed by atoms with Crippen LogP contribution in [0, 0.1) is 19.8 Å². The Bertz CT molecular complexity index is 1400. The van der Waals surface area contributed by atoms with Crippen molar-refractivity contribution >= 4 is 29.0 Å². The first-order chi connectivity index (χ1) is 19.2. The van der Waals surface area contributed by atoms with Crippen LogP contribution in [0.2, 0.25) is 0 Å². The Balaban J connectivity index is 1.93. The fourth-order valence-corrected chi connectivity index (χ4v) is 4.99. The second kappa shape index (κ2) is 13.6. The molecule has 0 spiro atoms. The van der Waals surface area contributed by atoms with Crippen LogP contribution in [0.15, 0.2) is 53.4 Å². The number of alkyl carbamates (subject to hydrolysis) is 1. The Morgan fingerprint density at radius 1 is 1.02 bits per heavy atom. The molecule has 0 aliphatic rings. The van der Waals surface area contributed by atoms with Crippen LogP contribution in [-0.4, -0.2) is 49.6 Å². The van der Waals surface area contributed by atoms with Gasteiger partial charge in [-0.15, -0.1) is 0 Å². The number of carbonyl (C=O) groups excluding carboxylic acids is 1. The maximum atomic E-state index is 13.1. The van der Waals surface area contributed by atoms with Gasteiger partial charge in [-0.3, -0.25) is 4.72 Å². The lowest BCUT2D eigenvalue weighted by Crippen LogP contribution is -2.42. The molecule has 0 bridgehead atoms. The van der Waals surface area contributed by atoms with Gasteiger partial charge in [-0.25, -0.2) is 18.8 Å². The molecule has 41 heavy (non-hydrogen) atoms. The van der Waals surface area contributed by atoms with E-state index in [0.29, 0.717) is 12.1 Å². The average molecular weight is 583 g/mol. The summed E-state index contributed by atoms with van der Waals surface area (Å²) in [7, 11) is -1.85. The highest BCUT2D eigenvalue weighted by molar-refractivity contribution is 7.86. The number of nitrogens with zero attached hydrogens (tertiary/aromatic N) is 2. The first-order valence-corrected chi connectivity index (χ1v) is 14.5. The number of carbonyl (C=O) groups is 2. The lowest BCUT2D eigenvalue weighted by atomic mass is 10.00. The smallest absolute Gasteiger partial charge is 0.407 e. The molecule has 1 aromatic heterocycles. The summed E-state index contributed by atoms with van der Waals surface area (Å²) in [5.41, 5.74) is 2.79. The Morgan fingerprint density at radius 3 is 2.29 bits per heavy atom. The van der Waals surface area contributed by atoms with Gasteiger partial charge in [0.1, 0.15) is 12.2 Å². The molecule has 2 atom stereocenters. The number of rotatable bonds is 11. The first kappa shape index (κ1) is 31.5. The van der Waals surface area contributed by atoms with E-state index in [2.05, 4.69) is 20.0 Å². The summed E-state index contributed by atoms with van der Waals surface area (Å²) in [5, 5.41) is 12.2. The van der Waals surface area contributed by atoms with Gasteiger partial charge in [0.15, 0.2) is 11.0 Å². The van der Waals surface area contributed by atoms with Gasteiger partial charge in [-0.1, -0.05) is 38.1 Å². The predicted octanol–water partition coefficient (Wildman–Crippen LogP) is 5.91. The Hall–Kier alpha value is -3.99. The monoisotopic (exact) mass is 582 g/mol. The minimum atomic E-state index is -1.85. The van der Waals surface area contributed by atoms with Crippen LogP contribution in [0.1, 0.15) is 62.5 Å². The molecule has 1 heterocycles. The molecule has 3 aromatic rings. The summed E-state index contributed by atoms with van der Waals surface area (Å²) in [6.45, 7) is 13.5. The summed E-state index contributed by atoms with van der Waals surface area (Å²) >= 11 is 0. The lowest BCUT2D eigenvalue weighted by molar-refractivity contribution is 0.0478. The number of benzene rings is 2. The highest BCUT2D eigenvalue weighted by Crippen LogP contribution is 2.29. The van der Waals surface area contributed by atoms with E-state index >= 15 is 0 Å². The molecule has 0 saturated carbocycles. The quantitative estimate of drug-likeness (QED) is 0.253. The number of nitrogens with one attached hydrogen (secondary N) is 2. The number of carboxylic acid groups (broad SMARTS) is 1. The minimum absolute atomic E-state index is 0.0144. The summed E-state index contributed by atoms with van der Waals surface area (Å²) in [5.74, 6) is -0.588. The Labute approximate surface area is 243 Å². The highest BCUT2D eigenvalue weighted by atomic mass is 32.2. The van der Waals surface area contributed by atoms with E-state index in [1.54, 1.807) is 32.9 Å². The zero-order valence-corrected chi connectivity index (χ0v) is 25.3. The molecule has 0 fully saturated rings. The van der Waals surface area contributed by atoms with Gasteiger partial charge in [0.05, 0.1) is 22.2 Å². The molecule has 2 aromatic carbocycles. The zero-order valence-electron chi connectivity index (χ0n) is 24.5. The number of aromatic carboxylic acids is 1. The average Bonchev–Trinajstić information content (AvgIpc) is 2.85. The molecule has 1 amide bonds. The van der Waals surface area contributed by atoms with Crippen molar-refractivity contribution in [2.75, 3.05) is 11.3 Å². The Kier molecular flexibility index (Phi) is 10.4. The predicted molar refractivity (Wildman–Crippen MR) is 158 cm³/mol. The van der Waals surface area contributed by atoms with Crippen LogP contribution >= 0.6 is 0 Å². The van der Waals surface area contributed by atoms with Crippen LogP contribution in [-0.2, 0) is 15.7 Å². The fourth-order valence-electron chi connectivity index (χ4n) is 4.18. The Morgan fingerprint density at radius 2 is 1.68 bits per heavy atom. The van der Waals surface area contributed by atoms with Crippen LogP contribution in [0.25, 0.3) is 11.3 Å². The molecule has 11 heteroatoms. The minimum Gasteiger partial charge on any atom is -0.478 e. The number of hydrogen-bond donors (Lipinski definition) is 3. The molecule has 2 unspecified atom stereocenters. The van der Waals surface area contributed by atoms with Crippen molar-refractivity contribution in [3.8, 4) is 17.1 Å². The fraction of sp³-hybridized carbons (Fsp3) is 0.400. The lowest BCUT2D eigenvalue weighted by Gasteiger charge is -2.24. The molecule has 0 saturated heterocycles. The third kappa shape index (κ3) is 9.56. The van der Waals surface area contributed by atoms with Crippen LogP contribution in [0.5, 0.6) is 5.88 Å². The number of aryl methyl sites for hydroxylation is 2. The molecule has 3 N–H and O–H groups in total. The topological polar surface area (TPSA) is 140 Å². The van der Waals surface area contributed by atoms with E-state index in [1.807, 2.05) is 45.9 Å². The zero-order chi connectivity index (χ0) is 30.3. The number of hydrogen-bond acceptors (Lipinski definition) is 7. The van der Waals surface area contributed by atoms with Crippen molar-refractivity contribution < 1.29 is 28.4 Å². The molecule has 0 aliphatic carbocycles. The van der Waals surface area contributed by atoms with E-state index in [0.717, 1.165) is 16.7 Å². The van der Waals surface area contributed by atoms with Crippen molar-refractivity contribution in [2.24, 2.45) is 5.92 Å². The highest BCUT2D eigenvalue weighted by Gasteiger charge is 2.22. The largest absolute Gasteiger partial charge is 0.478 e. The third-order valence-corrected chi connectivity index (χ3v) is 6.88. The van der Waals surface area contributed by atoms with Crippen LogP contribution < -0.4 is 14.8 Å². The van der Waals surface area contributed by atoms with E-state index in [4.69, 9.17) is 9.47 Å². The van der Waals surface area contributed by atoms with Crippen molar-refractivity contribution in [1.29, 1.82) is 0 Å². The van der Waals surface area contributed by atoms with Crippen molar-refractivity contribution in [1.82, 2.24) is 15.3 Å². The third-order valence-electron chi connectivity index (χ3n) is 5.83. The normalized spacial score (nSPS) is 12.9. The molecule has 10 nitrogen and oxygen atoms in total. The van der Waals surface area contributed by atoms with Gasteiger partial charge in [-0.05, 0) is 76.3 Å². The number of amides is 1. The molecule has 0 aliphatic heterocycles. The van der Waals surface area contributed by atoms with E-state index in [9.17, 15) is 18.9 Å².